The fraction of sp³-hybridized carbons (Fsp3) is 0.650. The summed E-state index contributed by atoms with van der Waals surface area (Å²) in [5, 5.41) is 10.6. The third-order valence-electron chi connectivity index (χ3n) is 5.18. The molecule has 0 aliphatic carbocycles. The maximum absolute atomic E-state index is 13.0. The van der Waals surface area contributed by atoms with Crippen molar-refractivity contribution in [2.75, 3.05) is 0 Å². The Morgan fingerprint density at radius 2 is 1.58 bits per heavy atom. The van der Waals surface area contributed by atoms with Crippen molar-refractivity contribution < 1.29 is 14.3 Å². The van der Waals surface area contributed by atoms with Crippen molar-refractivity contribution in [3.63, 3.8) is 0 Å². The van der Waals surface area contributed by atoms with Gasteiger partial charge in [0.1, 0.15) is 6.10 Å². The topological polar surface area (TPSA) is 46.5 Å². The summed E-state index contributed by atoms with van der Waals surface area (Å²) >= 11 is 0. The van der Waals surface area contributed by atoms with E-state index >= 15 is 0 Å². The summed E-state index contributed by atoms with van der Waals surface area (Å²) in [4.78, 5) is 13.0. The Labute approximate surface area is 148 Å². The van der Waals surface area contributed by atoms with E-state index in [1.165, 1.54) is 0 Å². The summed E-state index contributed by atoms with van der Waals surface area (Å²) in [6.45, 7) is 16.6. The molecular weight excluding hydrogens is 316 g/mol. The number of rotatable bonds is 7. The van der Waals surface area contributed by atoms with Gasteiger partial charge in [0, 0.05) is 5.92 Å². The Morgan fingerprint density at radius 3 is 2.00 bits per heavy atom. The molecule has 0 saturated carbocycles. The lowest BCUT2D eigenvalue weighted by Gasteiger charge is -2.40. The van der Waals surface area contributed by atoms with Gasteiger partial charge in [-0.05, 0) is 29.6 Å². The number of ketones is 1. The molecule has 3 nitrogen and oxygen atoms in total. The van der Waals surface area contributed by atoms with Crippen LogP contribution in [-0.4, -0.2) is 25.3 Å². The van der Waals surface area contributed by atoms with Gasteiger partial charge in [-0.2, -0.15) is 0 Å². The van der Waals surface area contributed by atoms with E-state index in [1.54, 1.807) is 6.92 Å². The summed E-state index contributed by atoms with van der Waals surface area (Å²) in [5.74, 6) is -0.423. The number of benzene rings is 1. The molecule has 1 aromatic carbocycles. The van der Waals surface area contributed by atoms with E-state index in [1.807, 2.05) is 44.2 Å². The second kappa shape index (κ2) is 7.94. The van der Waals surface area contributed by atoms with Crippen molar-refractivity contribution in [1.29, 1.82) is 0 Å². The molecular formula is C20H34O3Si. The minimum absolute atomic E-state index is 0.00817. The maximum atomic E-state index is 13.0. The van der Waals surface area contributed by atoms with Crippen LogP contribution in [0.5, 0.6) is 0 Å². The third kappa shape index (κ3) is 5.01. The molecule has 4 heteroatoms. The Kier molecular flexibility index (Phi) is 6.97. The van der Waals surface area contributed by atoms with Crippen molar-refractivity contribution in [3.8, 4) is 0 Å². The van der Waals surface area contributed by atoms with Crippen LogP contribution in [0, 0.1) is 11.8 Å². The van der Waals surface area contributed by atoms with E-state index in [0.29, 0.717) is 0 Å². The molecule has 0 bridgehead atoms. The Bertz CT molecular complexity index is 532. The summed E-state index contributed by atoms with van der Waals surface area (Å²) in [5.41, 5.74) is 0.771. The van der Waals surface area contributed by atoms with E-state index in [-0.39, 0.29) is 16.7 Å². The van der Waals surface area contributed by atoms with Crippen LogP contribution in [-0.2, 0) is 9.22 Å². The number of Topliss-reactive ketones (excluding diaryl/α,β-unsaturated/α-hetero) is 1. The lowest BCUT2D eigenvalue weighted by Crippen LogP contribution is -2.49. The zero-order valence-corrected chi connectivity index (χ0v) is 17.5. The molecule has 0 aromatic heterocycles. The highest BCUT2D eigenvalue weighted by molar-refractivity contribution is 6.74. The summed E-state index contributed by atoms with van der Waals surface area (Å²) in [6, 6.07) is 9.37. The Morgan fingerprint density at radius 1 is 1.08 bits per heavy atom. The molecule has 0 spiro atoms. The first-order valence-electron chi connectivity index (χ1n) is 8.83. The fourth-order valence-corrected chi connectivity index (χ4v) is 3.75. The average molecular weight is 351 g/mol. The summed E-state index contributed by atoms with van der Waals surface area (Å²) in [6.07, 6.45) is -1.28. The highest BCUT2D eigenvalue weighted by Gasteiger charge is 2.42. The van der Waals surface area contributed by atoms with Crippen LogP contribution in [0.1, 0.15) is 53.2 Å². The summed E-state index contributed by atoms with van der Waals surface area (Å²) in [7, 11) is -2.06. The number of aliphatic hydroxyl groups is 1. The average Bonchev–Trinajstić information content (AvgIpc) is 2.50. The van der Waals surface area contributed by atoms with E-state index in [9.17, 15) is 9.90 Å². The molecule has 1 rings (SSSR count). The Hall–Kier alpha value is -0.973. The number of hydrogen-bond donors (Lipinski definition) is 1. The van der Waals surface area contributed by atoms with E-state index < -0.39 is 26.4 Å². The molecule has 24 heavy (non-hydrogen) atoms. The van der Waals surface area contributed by atoms with Crippen LogP contribution in [0.25, 0.3) is 0 Å². The van der Waals surface area contributed by atoms with Crippen molar-refractivity contribution in [1.82, 2.24) is 0 Å². The smallest absolute Gasteiger partial charge is 0.193 e. The molecule has 0 heterocycles. The molecule has 1 N–H and O–H groups in total. The highest BCUT2D eigenvalue weighted by Crippen LogP contribution is 2.39. The molecule has 1 aromatic rings. The number of carbonyl (C=O) groups excluding carboxylic acids is 1. The van der Waals surface area contributed by atoms with Gasteiger partial charge in [-0.3, -0.25) is 4.79 Å². The lowest BCUT2D eigenvalue weighted by molar-refractivity contribution is -0.135. The molecule has 0 unspecified atom stereocenters. The second-order valence-corrected chi connectivity index (χ2v) is 13.3. The Balaban J connectivity index is 2.98. The number of aliphatic hydroxyl groups excluding tert-OH is 1. The number of hydrogen-bond acceptors (Lipinski definition) is 3. The standard InChI is InChI=1S/C20H34O3Si/c1-14(2)19(23-24(7,8)20(4,5)6)18(22)15(3)17(21)16-12-10-9-11-13-16/h9-15,17,19,21H,1-8H3/t15-,17-,19+/m1/s1. The van der Waals surface area contributed by atoms with Crippen LogP contribution in [0.3, 0.4) is 0 Å². The predicted octanol–water partition coefficient (Wildman–Crippen LogP) is 4.97. The van der Waals surface area contributed by atoms with Crippen molar-refractivity contribution >= 4 is 14.1 Å². The third-order valence-corrected chi connectivity index (χ3v) is 9.63. The molecule has 0 saturated heterocycles. The van der Waals surface area contributed by atoms with Gasteiger partial charge in [0.25, 0.3) is 0 Å². The quantitative estimate of drug-likeness (QED) is 0.706. The van der Waals surface area contributed by atoms with Crippen molar-refractivity contribution in [2.24, 2.45) is 11.8 Å². The van der Waals surface area contributed by atoms with Gasteiger partial charge in [-0.25, -0.2) is 0 Å². The van der Waals surface area contributed by atoms with Crippen LogP contribution in [0.4, 0.5) is 0 Å². The molecule has 3 atom stereocenters. The van der Waals surface area contributed by atoms with Gasteiger partial charge in [0.05, 0.1) is 6.10 Å². The second-order valence-electron chi connectivity index (χ2n) is 8.59. The van der Waals surface area contributed by atoms with Gasteiger partial charge in [-0.15, -0.1) is 0 Å². The zero-order chi connectivity index (χ0) is 18.7. The molecule has 0 radical (unpaired) electrons. The normalized spacial score (nSPS) is 16.8. The minimum atomic E-state index is -2.06. The zero-order valence-electron chi connectivity index (χ0n) is 16.5. The molecule has 0 fully saturated rings. The van der Waals surface area contributed by atoms with Crippen molar-refractivity contribution in [3.05, 3.63) is 35.9 Å². The van der Waals surface area contributed by atoms with Crippen molar-refractivity contribution in [2.45, 2.75) is 71.9 Å². The molecule has 0 amide bonds. The van der Waals surface area contributed by atoms with Gasteiger partial charge in [0.15, 0.2) is 14.1 Å². The summed E-state index contributed by atoms with van der Waals surface area (Å²) < 4.78 is 6.41. The largest absolute Gasteiger partial charge is 0.407 e. The fourth-order valence-electron chi connectivity index (χ4n) is 2.37. The van der Waals surface area contributed by atoms with E-state index in [2.05, 4.69) is 33.9 Å². The van der Waals surface area contributed by atoms with E-state index in [0.717, 1.165) is 5.56 Å². The molecule has 0 aliphatic heterocycles. The van der Waals surface area contributed by atoms with Crippen LogP contribution < -0.4 is 0 Å². The predicted molar refractivity (Wildman–Crippen MR) is 102 cm³/mol. The monoisotopic (exact) mass is 350 g/mol. The van der Waals surface area contributed by atoms with Crippen LogP contribution in [0.15, 0.2) is 30.3 Å². The first-order valence-corrected chi connectivity index (χ1v) is 11.7. The SMILES string of the molecule is CC(C)[C@H](O[Si](C)(C)C(C)(C)C)C(=O)[C@H](C)[C@@H](O)c1ccccc1. The van der Waals surface area contributed by atoms with Crippen LogP contribution >= 0.6 is 0 Å². The maximum Gasteiger partial charge on any atom is 0.193 e. The minimum Gasteiger partial charge on any atom is -0.407 e. The van der Waals surface area contributed by atoms with E-state index in [4.69, 9.17) is 4.43 Å². The van der Waals surface area contributed by atoms with Gasteiger partial charge < -0.3 is 9.53 Å². The first kappa shape index (κ1) is 21.1. The molecule has 136 valence electrons. The lowest BCUT2D eigenvalue weighted by atomic mass is 9.88. The van der Waals surface area contributed by atoms with Crippen LogP contribution in [0.2, 0.25) is 18.1 Å². The van der Waals surface area contributed by atoms with Gasteiger partial charge in [0.2, 0.25) is 0 Å². The first-order chi connectivity index (χ1) is 10.9. The highest BCUT2D eigenvalue weighted by atomic mass is 28.4. The molecule has 0 aliphatic rings. The van der Waals surface area contributed by atoms with Gasteiger partial charge >= 0.3 is 0 Å². The number of carbonyl (C=O) groups is 1. The van der Waals surface area contributed by atoms with Gasteiger partial charge in [-0.1, -0.05) is 71.9 Å².